The SMILES string of the molecule is Nc1c(NCCc2ccccc2)ncnc1N1CCC(C(=O)O)CC1. The summed E-state index contributed by atoms with van der Waals surface area (Å²) in [7, 11) is 0. The summed E-state index contributed by atoms with van der Waals surface area (Å²) in [5.41, 5.74) is 8.01. The molecule has 1 aromatic carbocycles. The summed E-state index contributed by atoms with van der Waals surface area (Å²) in [4.78, 5) is 21.7. The number of anilines is 3. The number of nitrogens with zero attached hydrogens (tertiary/aromatic N) is 3. The molecule has 132 valence electrons. The summed E-state index contributed by atoms with van der Waals surface area (Å²) in [6.45, 7) is 2.01. The first-order valence-electron chi connectivity index (χ1n) is 8.51. The Labute approximate surface area is 146 Å². The number of carbonyl (C=O) groups is 1. The lowest BCUT2D eigenvalue weighted by atomic mass is 9.97. The lowest BCUT2D eigenvalue weighted by Crippen LogP contribution is -2.37. The second kappa shape index (κ2) is 7.83. The maximum atomic E-state index is 11.1. The van der Waals surface area contributed by atoms with Gasteiger partial charge in [0.15, 0.2) is 11.6 Å². The van der Waals surface area contributed by atoms with Gasteiger partial charge in [-0.2, -0.15) is 0 Å². The van der Waals surface area contributed by atoms with Crippen LogP contribution in [0.5, 0.6) is 0 Å². The van der Waals surface area contributed by atoms with Crippen LogP contribution in [0.25, 0.3) is 0 Å². The third-order valence-electron chi connectivity index (χ3n) is 4.56. The quantitative estimate of drug-likeness (QED) is 0.738. The van der Waals surface area contributed by atoms with Crippen LogP contribution in [0, 0.1) is 5.92 Å². The van der Waals surface area contributed by atoms with Gasteiger partial charge in [0, 0.05) is 19.6 Å². The molecule has 0 bridgehead atoms. The van der Waals surface area contributed by atoms with E-state index in [2.05, 4.69) is 27.4 Å². The third kappa shape index (κ3) is 4.17. The number of nitrogen functional groups attached to an aromatic ring is 1. The average molecular weight is 341 g/mol. The zero-order valence-corrected chi connectivity index (χ0v) is 14.1. The van der Waals surface area contributed by atoms with Crippen LogP contribution in [0.3, 0.4) is 0 Å². The number of aromatic nitrogens is 2. The van der Waals surface area contributed by atoms with Gasteiger partial charge in [-0.1, -0.05) is 30.3 Å². The van der Waals surface area contributed by atoms with E-state index in [1.54, 1.807) is 0 Å². The van der Waals surface area contributed by atoms with Crippen molar-refractivity contribution >= 4 is 23.3 Å². The molecule has 0 aliphatic carbocycles. The Kier molecular flexibility index (Phi) is 5.33. The van der Waals surface area contributed by atoms with E-state index in [1.165, 1.54) is 11.9 Å². The number of rotatable bonds is 6. The van der Waals surface area contributed by atoms with E-state index in [9.17, 15) is 4.79 Å². The van der Waals surface area contributed by atoms with E-state index >= 15 is 0 Å². The number of hydrogen-bond acceptors (Lipinski definition) is 6. The highest BCUT2D eigenvalue weighted by Crippen LogP contribution is 2.29. The van der Waals surface area contributed by atoms with Gasteiger partial charge in [0.1, 0.15) is 12.0 Å². The second-order valence-corrected chi connectivity index (χ2v) is 6.22. The van der Waals surface area contributed by atoms with Gasteiger partial charge in [-0.25, -0.2) is 9.97 Å². The molecule has 2 aromatic rings. The van der Waals surface area contributed by atoms with E-state index in [-0.39, 0.29) is 5.92 Å². The highest BCUT2D eigenvalue weighted by atomic mass is 16.4. The van der Waals surface area contributed by atoms with Crippen LogP contribution in [-0.2, 0) is 11.2 Å². The predicted octanol–water partition coefficient (Wildman–Crippen LogP) is 2.01. The van der Waals surface area contributed by atoms with Gasteiger partial charge >= 0.3 is 5.97 Å². The number of benzene rings is 1. The lowest BCUT2D eigenvalue weighted by molar-refractivity contribution is -0.142. The van der Waals surface area contributed by atoms with E-state index < -0.39 is 5.97 Å². The number of hydrogen-bond donors (Lipinski definition) is 3. The minimum absolute atomic E-state index is 0.275. The summed E-state index contributed by atoms with van der Waals surface area (Å²) < 4.78 is 0. The molecule has 0 spiro atoms. The Hall–Kier alpha value is -2.83. The molecule has 25 heavy (non-hydrogen) atoms. The second-order valence-electron chi connectivity index (χ2n) is 6.22. The van der Waals surface area contributed by atoms with Crippen molar-refractivity contribution in [3.05, 3.63) is 42.2 Å². The average Bonchev–Trinajstić information content (AvgIpc) is 2.64. The maximum Gasteiger partial charge on any atom is 0.306 e. The largest absolute Gasteiger partial charge is 0.481 e. The van der Waals surface area contributed by atoms with Gasteiger partial charge in [0.05, 0.1) is 5.92 Å². The zero-order chi connectivity index (χ0) is 17.6. The summed E-state index contributed by atoms with van der Waals surface area (Å²) in [6, 6.07) is 10.2. The molecule has 0 radical (unpaired) electrons. The Morgan fingerprint density at radius 3 is 2.64 bits per heavy atom. The van der Waals surface area contributed by atoms with Crippen molar-refractivity contribution in [3.8, 4) is 0 Å². The highest BCUT2D eigenvalue weighted by Gasteiger charge is 2.26. The number of carboxylic acids is 1. The molecule has 1 aliphatic rings. The Balaban J connectivity index is 1.61. The first kappa shape index (κ1) is 17.0. The molecular formula is C18H23N5O2. The number of carboxylic acid groups (broad SMARTS) is 1. The molecule has 0 saturated carbocycles. The fourth-order valence-electron chi connectivity index (χ4n) is 3.09. The standard InChI is InChI=1S/C18H23N5O2/c19-15-16(20-9-6-13-4-2-1-3-5-13)21-12-22-17(15)23-10-7-14(8-11-23)18(24)25/h1-5,12,14H,6-11,19H2,(H,24,25)(H,20,21,22). The van der Waals surface area contributed by atoms with Crippen molar-refractivity contribution in [1.82, 2.24) is 9.97 Å². The molecule has 3 rings (SSSR count). The van der Waals surface area contributed by atoms with Crippen molar-refractivity contribution in [2.75, 3.05) is 35.6 Å². The van der Waals surface area contributed by atoms with Crippen LogP contribution in [0.15, 0.2) is 36.7 Å². The lowest BCUT2D eigenvalue weighted by Gasteiger charge is -2.31. The Morgan fingerprint density at radius 1 is 1.24 bits per heavy atom. The molecule has 1 fully saturated rings. The molecule has 7 heteroatoms. The van der Waals surface area contributed by atoms with E-state index in [0.717, 1.165) is 13.0 Å². The fourth-order valence-corrected chi connectivity index (χ4v) is 3.09. The van der Waals surface area contributed by atoms with Crippen molar-refractivity contribution in [3.63, 3.8) is 0 Å². The van der Waals surface area contributed by atoms with Crippen molar-refractivity contribution < 1.29 is 9.90 Å². The van der Waals surface area contributed by atoms with Crippen LogP contribution >= 0.6 is 0 Å². The molecule has 0 unspecified atom stereocenters. The van der Waals surface area contributed by atoms with Gasteiger partial charge < -0.3 is 21.1 Å². The minimum Gasteiger partial charge on any atom is -0.481 e. The Morgan fingerprint density at radius 2 is 1.96 bits per heavy atom. The highest BCUT2D eigenvalue weighted by molar-refractivity contribution is 5.75. The molecule has 1 saturated heterocycles. The molecule has 1 aromatic heterocycles. The molecule has 0 atom stereocenters. The van der Waals surface area contributed by atoms with E-state index in [0.29, 0.717) is 43.3 Å². The van der Waals surface area contributed by atoms with Gasteiger partial charge in [0.2, 0.25) is 0 Å². The molecule has 1 aliphatic heterocycles. The topological polar surface area (TPSA) is 104 Å². The molecule has 4 N–H and O–H groups in total. The van der Waals surface area contributed by atoms with Crippen molar-refractivity contribution in [1.29, 1.82) is 0 Å². The molecule has 0 amide bonds. The maximum absolute atomic E-state index is 11.1. The summed E-state index contributed by atoms with van der Waals surface area (Å²) >= 11 is 0. The van der Waals surface area contributed by atoms with Gasteiger partial charge in [0.25, 0.3) is 0 Å². The van der Waals surface area contributed by atoms with E-state index in [4.69, 9.17) is 10.8 Å². The first-order valence-corrected chi connectivity index (χ1v) is 8.51. The summed E-state index contributed by atoms with van der Waals surface area (Å²) in [6.07, 6.45) is 3.59. The van der Waals surface area contributed by atoms with Crippen LogP contribution in [0.2, 0.25) is 0 Å². The van der Waals surface area contributed by atoms with Crippen LogP contribution in [-0.4, -0.2) is 40.7 Å². The smallest absolute Gasteiger partial charge is 0.306 e. The Bertz CT molecular complexity index is 715. The van der Waals surface area contributed by atoms with Gasteiger partial charge in [-0.15, -0.1) is 0 Å². The van der Waals surface area contributed by atoms with Crippen molar-refractivity contribution in [2.45, 2.75) is 19.3 Å². The number of nitrogens with two attached hydrogens (primary N) is 1. The van der Waals surface area contributed by atoms with Gasteiger partial charge in [-0.3, -0.25) is 4.79 Å². The summed E-state index contributed by atoms with van der Waals surface area (Å²) in [5.74, 6) is 0.309. The monoisotopic (exact) mass is 341 g/mol. The van der Waals surface area contributed by atoms with Crippen LogP contribution in [0.4, 0.5) is 17.3 Å². The van der Waals surface area contributed by atoms with Crippen LogP contribution in [0.1, 0.15) is 18.4 Å². The zero-order valence-electron chi connectivity index (χ0n) is 14.1. The molecular weight excluding hydrogens is 318 g/mol. The number of piperidine rings is 1. The predicted molar refractivity (Wildman–Crippen MR) is 97.7 cm³/mol. The van der Waals surface area contributed by atoms with Gasteiger partial charge in [-0.05, 0) is 24.8 Å². The summed E-state index contributed by atoms with van der Waals surface area (Å²) in [5, 5.41) is 12.4. The van der Waals surface area contributed by atoms with E-state index in [1.807, 2.05) is 23.1 Å². The van der Waals surface area contributed by atoms with Crippen molar-refractivity contribution in [2.24, 2.45) is 5.92 Å². The fraction of sp³-hybridized carbons (Fsp3) is 0.389. The van der Waals surface area contributed by atoms with Crippen LogP contribution < -0.4 is 16.0 Å². The molecule has 2 heterocycles. The minimum atomic E-state index is -0.724. The third-order valence-corrected chi connectivity index (χ3v) is 4.56. The number of aliphatic carboxylic acids is 1. The molecule has 7 nitrogen and oxygen atoms in total. The normalized spacial score (nSPS) is 15.1. The first-order chi connectivity index (χ1) is 12.1. The number of nitrogens with one attached hydrogen (secondary N) is 1.